The molecule has 4 nitrogen and oxygen atoms in total. The van der Waals surface area contributed by atoms with Crippen molar-refractivity contribution in [3.8, 4) is 0 Å². The maximum atomic E-state index is 11.9. The third-order valence-corrected chi connectivity index (χ3v) is 4.55. The van der Waals surface area contributed by atoms with Gasteiger partial charge in [0.05, 0.1) is 5.56 Å². The van der Waals surface area contributed by atoms with Gasteiger partial charge in [0.1, 0.15) is 5.82 Å². The highest BCUT2D eigenvalue weighted by Gasteiger charge is 2.19. The van der Waals surface area contributed by atoms with Gasteiger partial charge in [0, 0.05) is 31.2 Å². The third-order valence-electron chi connectivity index (χ3n) is 3.60. The Morgan fingerprint density at radius 2 is 2.29 bits per heavy atom. The highest BCUT2D eigenvalue weighted by molar-refractivity contribution is 7.11. The Hall–Kier alpha value is -2.14. The van der Waals surface area contributed by atoms with Crippen LogP contribution in [-0.2, 0) is 0 Å². The lowest BCUT2D eigenvalue weighted by Gasteiger charge is -2.28. The maximum absolute atomic E-state index is 11.9. The highest BCUT2D eigenvalue weighted by Crippen LogP contribution is 2.28. The third kappa shape index (κ3) is 2.83. The minimum Gasteiger partial charge on any atom is -0.355 e. The van der Waals surface area contributed by atoms with Crippen LogP contribution in [0, 0.1) is 0 Å². The Bertz CT molecular complexity index is 664. The van der Waals surface area contributed by atoms with Gasteiger partial charge in [0.25, 0.3) is 5.91 Å². The first kappa shape index (κ1) is 13.8. The van der Waals surface area contributed by atoms with E-state index in [9.17, 15) is 4.79 Å². The molecule has 0 bridgehead atoms. The van der Waals surface area contributed by atoms with Crippen LogP contribution in [0.2, 0.25) is 0 Å². The first-order valence-corrected chi connectivity index (χ1v) is 7.82. The Kier molecular flexibility index (Phi) is 4.01. The van der Waals surface area contributed by atoms with Gasteiger partial charge in [-0.25, -0.2) is 4.98 Å². The molecular weight excluding hydrogens is 282 g/mol. The van der Waals surface area contributed by atoms with E-state index in [0.29, 0.717) is 5.56 Å². The van der Waals surface area contributed by atoms with Crippen LogP contribution in [-0.4, -0.2) is 31.0 Å². The number of carbonyl (C=O) groups excluding carboxylic acids is 1. The average molecular weight is 299 g/mol. The minimum absolute atomic E-state index is 0.0915. The van der Waals surface area contributed by atoms with Crippen LogP contribution in [0.1, 0.15) is 21.7 Å². The summed E-state index contributed by atoms with van der Waals surface area (Å²) in [4.78, 5) is 19.8. The Morgan fingerprint density at radius 3 is 2.95 bits per heavy atom. The zero-order valence-corrected chi connectivity index (χ0v) is 12.7. The van der Waals surface area contributed by atoms with E-state index >= 15 is 0 Å². The lowest BCUT2D eigenvalue weighted by molar-refractivity contribution is 0.0963. The van der Waals surface area contributed by atoms with Crippen molar-refractivity contribution in [3.05, 3.63) is 52.4 Å². The van der Waals surface area contributed by atoms with Crippen molar-refractivity contribution < 1.29 is 4.79 Å². The number of anilines is 1. The lowest BCUT2D eigenvalue weighted by Crippen LogP contribution is -2.32. The summed E-state index contributed by atoms with van der Waals surface area (Å²) in [5.41, 5.74) is 2.02. The quantitative estimate of drug-likeness (QED) is 0.948. The first-order valence-electron chi connectivity index (χ1n) is 6.94. The van der Waals surface area contributed by atoms with Crippen LogP contribution in [0.5, 0.6) is 0 Å². The molecule has 0 aliphatic carbocycles. The number of carbonyl (C=O) groups is 1. The lowest BCUT2D eigenvalue weighted by atomic mass is 10.1. The summed E-state index contributed by atoms with van der Waals surface area (Å²) in [6, 6.07) is 7.85. The number of thiophene rings is 1. The van der Waals surface area contributed by atoms with Gasteiger partial charge >= 0.3 is 0 Å². The highest BCUT2D eigenvalue weighted by atomic mass is 32.1. The van der Waals surface area contributed by atoms with Gasteiger partial charge in [0.2, 0.25) is 0 Å². The summed E-state index contributed by atoms with van der Waals surface area (Å²) in [6.07, 6.45) is 4.95. The standard InChI is InChI=1S/C16H17N3OS/c1-17-16(20)13-4-2-8-18-15(13)19-9-6-12(7-10-19)14-5-3-11-21-14/h2-6,8,11H,7,9-10H2,1H3,(H,17,20). The fourth-order valence-electron chi connectivity index (χ4n) is 2.51. The number of aromatic nitrogens is 1. The van der Waals surface area contributed by atoms with Gasteiger partial charge < -0.3 is 10.2 Å². The van der Waals surface area contributed by atoms with E-state index in [1.807, 2.05) is 6.07 Å². The average Bonchev–Trinajstić information content (AvgIpc) is 3.09. The number of pyridine rings is 1. The number of nitrogens with zero attached hydrogens (tertiary/aromatic N) is 2. The van der Waals surface area contributed by atoms with Crippen LogP contribution in [0.25, 0.3) is 5.57 Å². The van der Waals surface area contributed by atoms with E-state index < -0.39 is 0 Å². The van der Waals surface area contributed by atoms with Crippen molar-refractivity contribution in [2.75, 3.05) is 25.0 Å². The molecular formula is C16H17N3OS. The molecule has 0 atom stereocenters. The van der Waals surface area contributed by atoms with Gasteiger partial charge in [-0.2, -0.15) is 0 Å². The molecule has 1 aliphatic rings. The van der Waals surface area contributed by atoms with Crippen molar-refractivity contribution in [3.63, 3.8) is 0 Å². The monoisotopic (exact) mass is 299 g/mol. The van der Waals surface area contributed by atoms with Gasteiger partial charge in [-0.05, 0) is 35.6 Å². The van der Waals surface area contributed by atoms with Gasteiger partial charge in [-0.1, -0.05) is 12.1 Å². The molecule has 0 saturated carbocycles. The number of nitrogens with one attached hydrogen (secondary N) is 1. The second-order valence-electron chi connectivity index (χ2n) is 4.86. The number of hydrogen-bond acceptors (Lipinski definition) is 4. The van der Waals surface area contributed by atoms with Crippen LogP contribution in [0.4, 0.5) is 5.82 Å². The van der Waals surface area contributed by atoms with E-state index in [4.69, 9.17) is 0 Å². The predicted octanol–water partition coefficient (Wildman–Crippen LogP) is 2.80. The topological polar surface area (TPSA) is 45.2 Å². The molecule has 2 aromatic heterocycles. The van der Waals surface area contributed by atoms with E-state index in [1.165, 1.54) is 10.5 Å². The summed E-state index contributed by atoms with van der Waals surface area (Å²) in [7, 11) is 1.64. The number of hydrogen-bond donors (Lipinski definition) is 1. The largest absolute Gasteiger partial charge is 0.355 e. The van der Waals surface area contributed by atoms with Crippen LogP contribution in [0.15, 0.2) is 41.9 Å². The van der Waals surface area contributed by atoms with E-state index in [0.717, 1.165) is 25.3 Å². The molecule has 0 fully saturated rings. The van der Waals surface area contributed by atoms with Crippen LogP contribution >= 0.6 is 11.3 Å². The molecule has 108 valence electrons. The van der Waals surface area contributed by atoms with Crippen molar-refractivity contribution in [1.82, 2.24) is 10.3 Å². The van der Waals surface area contributed by atoms with Gasteiger partial charge in [-0.15, -0.1) is 11.3 Å². The molecule has 21 heavy (non-hydrogen) atoms. The van der Waals surface area contributed by atoms with Gasteiger partial charge in [0.15, 0.2) is 0 Å². The maximum Gasteiger partial charge on any atom is 0.254 e. The molecule has 0 saturated heterocycles. The van der Waals surface area contributed by atoms with Crippen molar-refractivity contribution >= 4 is 28.6 Å². The molecule has 0 radical (unpaired) electrons. The van der Waals surface area contributed by atoms with Gasteiger partial charge in [-0.3, -0.25) is 4.79 Å². The van der Waals surface area contributed by atoms with Crippen molar-refractivity contribution in [2.24, 2.45) is 0 Å². The molecule has 0 spiro atoms. The molecule has 1 aliphatic heterocycles. The Balaban J connectivity index is 1.83. The number of amides is 1. The summed E-state index contributed by atoms with van der Waals surface area (Å²) in [5, 5.41) is 4.77. The fraction of sp³-hybridized carbons (Fsp3) is 0.250. The molecule has 1 amide bonds. The van der Waals surface area contributed by atoms with Crippen molar-refractivity contribution in [2.45, 2.75) is 6.42 Å². The summed E-state index contributed by atoms with van der Waals surface area (Å²) in [6.45, 7) is 1.67. The zero-order valence-electron chi connectivity index (χ0n) is 11.9. The zero-order chi connectivity index (χ0) is 14.7. The summed E-state index contributed by atoms with van der Waals surface area (Å²) < 4.78 is 0. The smallest absolute Gasteiger partial charge is 0.254 e. The summed E-state index contributed by atoms with van der Waals surface area (Å²) in [5.74, 6) is 0.671. The van der Waals surface area contributed by atoms with E-state index in [2.05, 4.69) is 38.8 Å². The molecule has 0 unspecified atom stereocenters. The van der Waals surface area contributed by atoms with E-state index in [1.54, 1.807) is 30.6 Å². The fourth-order valence-corrected chi connectivity index (χ4v) is 3.31. The first-order chi connectivity index (χ1) is 10.3. The van der Waals surface area contributed by atoms with E-state index in [-0.39, 0.29) is 5.91 Å². The normalized spacial score (nSPS) is 14.7. The molecule has 5 heteroatoms. The Morgan fingerprint density at radius 1 is 1.38 bits per heavy atom. The molecule has 3 heterocycles. The molecule has 3 rings (SSSR count). The van der Waals surface area contributed by atoms with Crippen molar-refractivity contribution in [1.29, 1.82) is 0 Å². The SMILES string of the molecule is CNC(=O)c1cccnc1N1CC=C(c2cccs2)CC1. The Labute approximate surface area is 128 Å². The van der Waals surface area contributed by atoms with Crippen LogP contribution in [0.3, 0.4) is 0 Å². The van der Waals surface area contributed by atoms with Crippen LogP contribution < -0.4 is 10.2 Å². The number of rotatable bonds is 3. The molecule has 0 aromatic carbocycles. The minimum atomic E-state index is -0.0915. The second kappa shape index (κ2) is 6.10. The second-order valence-corrected chi connectivity index (χ2v) is 5.80. The molecule has 2 aromatic rings. The predicted molar refractivity (Wildman–Crippen MR) is 86.8 cm³/mol. The summed E-state index contributed by atoms with van der Waals surface area (Å²) >= 11 is 1.77. The molecule has 1 N–H and O–H groups in total.